The van der Waals surface area contributed by atoms with Gasteiger partial charge in [-0.2, -0.15) is 5.26 Å². The molecule has 2 aromatic carbocycles. The summed E-state index contributed by atoms with van der Waals surface area (Å²) in [6, 6.07) is 11.7. The van der Waals surface area contributed by atoms with Gasteiger partial charge in [0.05, 0.1) is 21.1 Å². The number of nitrogens with zero attached hydrogens (tertiary/aromatic N) is 1. The quantitative estimate of drug-likeness (QED) is 0.442. The first-order chi connectivity index (χ1) is 9.93. The van der Waals surface area contributed by atoms with Gasteiger partial charge in [0.25, 0.3) is 0 Å². The highest BCUT2D eigenvalue weighted by Crippen LogP contribution is 2.29. The minimum Gasteiger partial charge on any atom is -0.292 e. The first kappa shape index (κ1) is 16.6. The summed E-state index contributed by atoms with van der Waals surface area (Å²) in [5.41, 5.74) is 0.893. The molecular weight excluding hydrogens is 443 g/mol. The Morgan fingerprint density at radius 3 is 2.33 bits per heavy atom. The topological polar surface area (TPSA) is 40.9 Å². The van der Waals surface area contributed by atoms with Gasteiger partial charge < -0.3 is 0 Å². The van der Waals surface area contributed by atoms with Crippen molar-refractivity contribution in [3.63, 3.8) is 0 Å². The molecule has 0 radical (unpaired) electrons. The summed E-state index contributed by atoms with van der Waals surface area (Å²) < 4.78 is 0.842. The molecule has 21 heavy (non-hydrogen) atoms. The molecule has 0 fully saturated rings. The van der Waals surface area contributed by atoms with Crippen molar-refractivity contribution in [2.75, 3.05) is 0 Å². The number of nitriles is 1. The fourth-order valence-corrected chi connectivity index (χ4v) is 2.62. The highest BCUT2D eigenvalue weighted by atomic mass is 127. The molecular formula is C15H7Cl3INO. The Morgan fingerprint density at radius 1 is 1.05 bits per heavy atom. The molecule has 0 saturated heterocycles. The first-order valence-electron chi connectivity index (χ1n) is 5.78. The minimum atomic E-state index is -0.948. The molecule has 0 spiro atoms. The van der Waals surface area contributed by atoms with Gasteiger partial charge in [0.1, 0.15) is 5.92 Å². The van der Waals surface area contributed by atoms with Gasteiger partial charge in [0, 0.05) is 9.13 Å². The second-order valence-electron chi connectivity index (χ2n) is 4.23. The number of carbonyl (C=O) groups excluding carboxylic acids is 1. The predicted molar refractivity (Wildman–Crippen MR) is 93.3 cm³/mol. The summed E-state index contributed by atoms with van der Waals surface area (Å²) in [4.78, 5) is 12.5. The molecule has 2 aromatic rings. The molecule has 0 N–H and O–H groups in total. The van der Waals surface area contributed by atoms with E-state index in [4.69, 9.17) is 34.8 Å². The zero-order chi connectivity index (χ0) is 15.6. The predicted octanol–water partition coefficient (Wildman–Crippen LogP) is 5.74. The van der Waals surface area contributed by atoms with Crippen molar-refractivity contribution < 1.29 is 4.79 Å². The van der Waals surface area contributed by atoms with Gasteiger partial charge >= 0.3 is 0 Å². The maximum Gasteiger partial charge on any atom is 0.184 e. The van der Waals surface area contributed by atoms with Crippen LogP contribution < -0.4 is 0 Å². The Morgan fingerprint density at radius 2 is 1.76 bits per heavy atom. The van der Waals surface area contributed by atoms with Crippen LogP contribution in [0.3, 0.4) is 0 Å². The maximum atomic E-state index is 12.5. The first-order valence-corrected chi connectivity index (χ1v) is 7.99. The Labute approximate surface area is 150 Å². The lowest BCUT2D eigenvalue weighted by Crippen LogP contribution is -2.11. The zero-order valence-corrected chi connectivity index (χ0v) is 14.8. The monoisotopic (exact) mass is 449 g/mol. The Bertz CT molecular complexity index is 755. The van der Waals surface area contributed by atoms with E-state index in [0.29, 0.717) is 26.2 Å². The van der Waals surface area contributed by atoms with E-state index in [-0.39, 0.29) is 5.78 Å². The average molecular weight is 450 g/mol. The van der Waals surface area contributed by atoms with E-state index in [1.54, 1.807) is 30.3 Å². The van der Waals surface area contributed by atoms with Crippen LogP contribution in [0.5, 0.6) is 0 Å². The van der Waals surface area contributed by atoms with Crippen LogP contribution in [0.25, 0.3) is 0 Å². The van der Waals surface area contributed by atoms with Crippen molar-refractivity contribution in [3.05, 3.63) is 66.2 Å². The minimum absolute atomic E-state index is 0.308. The van der Waals surface area contributed by atoms with Crippen LogP contribution in [0.2, 0.25) is 15.1 Å². The number of hydrogen-bond donors (Lipinski definition) is 0. The van der Waals surface area contributed by atoms with Crippen molar-refractivity contribution in [2.45, 2.75) is 5.92 Å². The highest BCUT2D eigenvalue weighted by molar-refractivity contribution is 14.1. The molecule has 6 heteroatoms. The van der Waals surface area contributed by atoms with E-state index < -0.39 is 5.92 Å². The van der Waals surface area contributed by atoms with Crippen LogP contribution in [0.1, 0.15) is 21.8 Å². The molecule has 0 aliphatic rings. The highest BCUT2D eigenvalue weighted by Gasteiger charge is 2.23. The number of hydrogen-bond acceptors (Lipinski definition) is 2. The number of ketones is 1. The number of rotatable bonds is 3. The van der Waals surface area contributed by atoms with Crippen LogP contribution in [-0.4, -0.2) is 5.78 Å². The summed E-state index contributed by atoms with van der Waals surface area (Å²) in [6.45, 7) is 0. The molecule has 0 bridgehead atoms. The molecule has 2 nitrogen and oxygen atoms in total. The molecule has 2 rings (SSSR count). The van der Waals surface area contributed by atoms with Gasteiger partial charge in [0.2, 0.25) is 0 Å². The van der Waals surface area contributed by atoms with Crippen LogP contribution in [0.4, 0.5) is 0 Å². The van der Waals surface area contributed by atoms with Gasteiger partial charge in [-0.15, -0.1) is 0 Å². The Hall–Kier alpha value is -0.800. The summed E-state index contributed by atoms with van der Waals surface area (Å²) >= 11 is 19.9. The van der Waals surface area contributed by atoms with Crippen LogP contribution in [0, 0.1) is 14.9 Å². The average Bonchev–Trinajstić information content (AvgIpc) is 2.46. The smallest absolute Gasteiger partial charge is 0.184 e. The third-order valence-electron chi connectivity index (χ3n) is 2.87. The van der Waals surface area contributed by atoms with E-state index >= 15 is 0 Å². The molecule has 1 unspecified atom stereocenters. The zero-order valence-electron chi connectivity index (χ0n) is 10.4. The second-order valence-corrected chi connectivity index (χ2v) is 6.61. The van der Waals surface area contributed by atoms with E-state index in [0.717, 1.165) is 3.57 Å². The lowest BCUT2D eigenvalue weighted by atomic mass is 9.92. The fourth-order valence-electron chi connectivity index (χ4n) is 1.79. The van der Waals surface area contributed by atoms with Gasteiger partial charge in [-0.1, -0.05) is 46.9 Å². The molecule has 106 valence electrons. The third-order valence-corrected chi connectivity index (χ3v) is 5.18. The maximum absolute atomic E-state index is 12.5. The van der Waals surface area contributed by atoms with Crippen LogP contribution >= 0.6 is 57.4 Å². The Balaban J connectivity index is 2.41. The summed E-state index contributed by atoms with van der Waals surface area (Å²) in [7, 11) is 0. The molecule has 0 saturated carbocycles. The summed E-state index contributed by atoms with van der Waals surface area (Å²) in [6.07, 6.45) is 0. The SMILES string of the molecule is N#CC(C(=O)c1ccc(I)c(Cl)c1)c1ccc(Cl)c(Cl)c1. The van der Waals surface area contributed by atoms with Crippen molar-refractivity contribution in [1.82, 2.24) is 0 Å². The second kappa shape index (κ2) is 6.97. The molecule has 0 amide bonds. The molecule has 1 atom stereocenters. The summed E-state index contributed by atoms with van der Waals surface area (Å²) in [5.74, 6) is -1.27. The summed E-state index contributed by atoms with van der Waals surface area (Å²) in [5, 5.41) is 10.5. The van der Waals surface area contributed by atoms with E-state index in [9.17, 15) is 10.1 Å². The largest absolute Gasteiger partial charge is 0.292 e. The Kier molecular flexibility index (Phi) is 5.50. The van der Waals surface area contributed by atoms with Crippen molar-refractivity contribution in [3.8, 4) is 6.07 Å². The van der Waals surface area contributed by atoms with E-state index in [1.165, 1.54) is 6.07 Å². The normalized spacial score (nSPS) is 11.8. The van der Waals surface area contributed by atoms with Crippen molar-refractivity contribution in [1.29, 1.82) is 5.26 Å². The van der Waals surface area contributed by atoms with Gasteiger partial charge in [0.15, 0.2) is 5.78 Å². The number of carbonyl (C=O) groups is 1. The lowest BCUT2D eigenvalue weighted by molar-refractivity contribution is 0.0979. The molecule has 0 aromatic heterocycles. The standard InChI is InChI=1S/C15H7Cl3INO/c16-11-3-1-8(5-12(11)17)10(7-20)15(21)9-2-4-14(19)13(18)6-9/h1-6,10H. The van der Waals surface area contributed by atoms with Crippen LogP contribution in [-0.2, 0) is 0 Å². The third kappa shape index (κ3) is 3.70. The number of Topliss-reactive ketones (excluding diaryl/α,β-unsaturated/α-hetero) is 1. The molecule has 0 aliphatic carbocycles. The van der Waals surface area contributed by atoms with Crippen LogP contribution in [0.15, 0.2) is 36.4 Å². The van der Waals surface area contributed by atoms with Crippen molar-refractivity contribution in [2.24, 2.45) is 0 Å². The molecule has 0 heterocycles. The van der Waals surface area contributed by atoms with E-state index in [2.05, 4.69) is 22.6 Å². The van der Waals surface area contributed by atoms with E-state index in [1.807, 2.05) is 6.07 Å². The molecule has 0 aliphatic heterocycles. The van der Waals surface area contributed by atoms with Gasteiger partial charge in [-0.25, -0.2) is 0 Å². The number of benzene rings is 2. The fraction of sp³-hybridized carbons (Fsp3) is 0.0667. The number of halogens is 4. The van der Waals surface area contributed by atoms with Crippen molar-refractivity contribution >= 4 is 63.2 Å². The van der Waals surface area contributed by atoms with Gasteiger partial charge in [-0.3, -0.25) is 4.79 Å². The van der Waals surface area contributed by atoms with Gasteiger partial charge in [-0.05, 0) is 52.4 Å². The lowest BCUT2D eigenvalue weighted by Gasteiger charge is -2.10.